The third-order valence-corrected chi connectivity index (χ3v) is 2.51. The summed E-state index contributed by atoms with van der Waals surface area (Å²) in [6, 6.07) is 11.3. The molecule has 0 aromatic heterocycles. The number of benzene rings is 1. The number of nitrogens with zero attached hydrogens (tertiary/aromatic N) is 1. The lowest BCUT2D eigenvalue weighted by Crippen LogP contribution is -2.24. The maximum atomic E-state index is 12.1. The van der Waals surface area contributed by atoms with Gasteiger partial charge in [-0.25, -0.2) is 0 Å². The lowest BCUT2D eigenvalue weighted by molar-refractivity contribution is 0.0828. The highest BCUT2D eigenvalue weighted by Gasteiger charge is 2.27. The van der Waals surface area contributed by atoms with Gasteiger partial charge in [-0.3, -0.25) is 4.79 Å². The molecule has 0 spiro atoms. The summed E-state index contributed by atoms with van der Waals surface area (Å²) in [5.41, 5.74) is 0.275. The fraction of sp³-hybridized carbons (Fsp3) is 0.385. The van der Waals surface area contributed by atoms with Crippen LogP contribution < -0.4 is 0 Å². The summed E-state index contributed by atoms with van der Waals surface area (Å²) in [5, 5.41) is 8.52. The quantitative estimate of drug-likeness (QED) is 0.702. The van der Waals surface area contributed by atoms with Crippen molar-refractivity contribution in [2.75, 3.05) is 0 Å². The number of hydrogen-bond donors (Lipinski definition) is 0. The van der Waals surface area contributed by atoms with Crippen molar-refractivity contribution in [3.8, 4) is 6.07 Å². The number of nitriles is 1. The molecule has 0 aliphatic carbocycles. The van der Waals surface area contributed by atoms with Crippen LogP contribution in [-0.2, 0) is 0 Å². The first kappa shape index (κ1) is 11.5. The van der Waals surface area contributed by atoms with E-state index in [2.05, 4.69) is 6.07 Å². The monoisotopic (exact) mass is 201 g/mol. The molecular weight excluding hydrogens is 186 g/mol. The standard InChI is InChI=1S/C13H15NO/c1-13(2,9-6-10-14)12(15)11-7-4-3-5-8-11/h3-5,7-8H,6,9H2,1-2H3. The molecule has 1 aromatic carbocycles. The molecule has 0 fully saturated rings. The molecule has 2 heteroatoms. The number of rotatable bonds is 4. The van der Waals surface area contributed by atoms with Gasteiger partial charge < -0.3 is 0 Å². The molecule has 0 amide bonds. The minimum absolute atomic E-state index is 0.110. The molecule has 0 aliphatic rings. The topological polar surface area (TPSA) is 40.9 Å². The van der Waals surface area contributed by atoms with Crippen molar-refractivity contribution in [1.82, 2.24) is 0 Å². The largest absolute Gasteiger partial charge is 0.294 e. The van der Waals surface area contributed by atoms with Crippen molar-refractivity contribution >= 4 is 5.78 Å². The highest BCUT2D eigenvalue weighted by Crippen LogP contribution is 2.27. The first-order chi connectivity index (χ1) is 7.08. The number of Topliss-reactive ketones (excluding diaryl/α,β-unsaturated/α-hetero) is 1. The lowest BCUT2D eigenvalue weighted by Gasteiger charge is -2.21. The highest BCUT2D eigenvalue weighted by atomic mass is 16.1. The van der Waals surface area contributed by atoms with Gasteiger partial charge in [-0.15, -0.1) is 0 Å². The maximum absolute atomic E-state index is 12.1. The van der Waals surface area contributed by atoms with E-state index in [1.807, 2.05) is 44.2 Å². The molecule has 0 saturated heterocycles. The van der Waals surface area contributed by atoms with E-state index in [9.17, 15) is 4.79 Å². The summed E-state index contributed by atoms with van der Waals surface area (Å²) in [4.78, 5) is 12.1. The van der Waals surface area contributed by atoms with Gasteiger partial charge in [0.25, 0.3) is 0 Å². The van der Waals surface area contributed by atoms with Gasteiger partial charge in [-0.05, 0) is 6.42 Å². The molecule has 0 aliphatic heterocycles. The van der Waals surface area contributed by atoms with Gasteiger partial charge in [0, 0.05) is 17.4 Å². The number of ketones is 1. The molecule has 0 saturated carbocycles. The molecule has 78 valence electrons. The van der Waals surface area contributed by atoms with Gasteiger partial charge in [-0.2, -0.15) is 5.26 Å². The normalized spacial score (nSPS) is 10.7. The van der Waals surface area contributed by atoms with Gasteiger partial charge >= 0.3 is 0 Å². The van der Waals surface area contributed by atoms with Crippen molar-refractivity contribution in [2.45, 2.75) is 26.7 Å². The Morgan fingerprint density at radius 2 is 1.93 bits per heavy atom. The third-order valence-electron chi connectivity index (χ3n) is 2.51. The zero-order chi connectivity index (χ0) is 11.3. The number of hydrogen-bond acceptors (Lipinski definition) is 2. The number of carbonyl (C=O) groups excluding carboxylic acids is 1. The summed E-state index contributed by atoms with van der Waals surface area (Å²) in [6.45, 7) is 3.78. The molecule has 0 heterocycles. The van der Waals surface area contributed by atoms with Crippen LogP contribution in [0.25, 0.3) is 0 Å². The molecule has 0 atom stereocenters. The summed E-state index contributed by atoms with van der Waals surface area (Å²) in [6.07, 6.45) is 1.03. The van der Waals surface area contributed by atoms with Gasteiger partial charge in [0.15, 0.2) is 5.78 Å². The predicted octanol–water partition coefficient (Wildman–Crippen LogP) is 3.20. The zero-order valence-corrected chi connectivity index (χ0v) is 9.16. The van der Waals surface area contributed by atoms with E-state index < -0.39 is 5.41 Å². The Bertz CT molecular complexity index is 373. The maximum Gasteiger partial charge on any atom is 0.168 e. The Kier molecular flexibility index (Phi) is 3.62. The molecule has 2 nitrogen and oxygen atoms in total. The number of carbonyl (C=O) groups is 1. The van der Waals surface area contributed by atoms with Crippen LogP contribution in [0.2, 0.25) is 0 Å². The molecule has 15 heavy (non-hydrogen) atoms. The van der Waals surface area contributed by atoms with Crippen molar-refractivity contribution in [3.05, 3.63) is 35.9 Å². The van der Waals surface area contributed by atoms with Crippen molar-refractivity contribution < 1.29 is 4.79 Å². The van der Waals surface area contributed by atoms with Crippen LogP contribution in [0.1, 0.15) is 37.0 Å². The minimum Gasteiger partial charge on any atom is -0.294 e. The van der Waals surface area contributed by atoms with Gasteiger partial charge in [0.1, 0.15) is 0 Å². The predicted molar refractivity (Wildman–Crippen MR) is 59.4 cm³/mol. The van der Waals surface area contributed by atoms with Crippen molar-refractivity contribution in [3.63, 3.8) is 0 Å². The molecular formula is C13H15NO. The smallest absolute Gasteiger partial charge is 0.168 e. The first-order valence-corrected chi connectivity index (χ1v) is 5.05. The second-order valence-electron chi connectivity index (χ2n) is 4.24. The summed E-state index contributed by atoms with van der Waals surface area (Å²) in [7, 11) is 0. The minimum atomic E-state index is -0.447. The Hall–Kier alpha value is -1.62. The molecule has 0 radical (unpaired) electrons. The molecule has 0 unspecified atom stereocenters. The van der Waals surface area contributed by atoms with Crippen molar-refractivity contribution in [2.24, 2.45) is 5.41 Å². The molecule has 1 rings (SSSR count). The van der Waals surface area contributed by atoms with Gasteiger partial charge in [-0.1, -0.05) is 44.2 Å². The fourth-order valence-corrected chi connectivity index (χ4v) is 1.46. The first-order valence-electron chi connectivity index (χ1n) is 5.05. The van der Waals surface area contributed by atoms with Crippen LogP contribution in [0.15, 0.2) is 30.3 Å². The van der Waals surface area contributed by atoms with E-state index in [0.717, 1.165) is 5.56 Å². The lowest BCUT2D eigenvalue weighted by atomic mass is 9.80. The Morgan fingerprint density at radius 1 is 1.33 bits per heavy atom. The SMILES string of the molecule is CC(C)(CCC#N)C(=O)c1ccccc1. The average Bonchev–Trinajstić information content (AvgIpc) is 2.26. The molecule has 0 N–H and O–H groups in total. The van der Waals surface area contributed by atoms with E-state index in [1.165, 1.54) is 0 Å². The van der Waals surface area contributed by atoms with Crippen LogP contribution >= 0.6 is 0 Å². The van der Waals surface area contributed by atoms with Gasteiger partial charge in [0.2, 0.25) is 0 Å². The summed E-state index contributed by atoms with van der Waals surface area (Å²) in [5.74, 6) is 0.110. The summed E-state index contributed by atoms with van der Waals surface area (Å²) >= 11 is 0. The highest BCUT2D eigenvalue weighted by molar-refractivity contribution is 5.99. The van der Waals surface area contributed by atoms with Crippen LogP contribution in [-0.4, -0.2) is 5.78 Å². The van der Waals surface area contributed by atoms with Crippen LogP contribution in [0.4, 0.5) is 0 Å². The van der Waals surface area contributed by atoms with Crippen molar-refractivity contribution in [1.29, 1.82) is 5.26 Å². The Morgan fingerprint density at radius 3 is 2.47 bits per heavy atom. The van der Waals surface area contributed by atoms with E-state index in [1.54, 1.807) is 0 Å². The Labute approximate surface area is 90.5 Å². The summed E-state index contributed by atoms with van der Waals surface area (Å²) < 4.78 is 0. The second kappa shape index (κ2) is 4.75. The van der Waals surface area contributed by atoms with E-state index in [-0.39, 0.29) is 5.78 Å². The zero-order valence-electron chi connectivity index (χ0n) is 9.16. The third kappa shape index (κ3) is 2.92. The average molecular weight is 201 g/mol. The van der Waals surface area contributed by atoms with Crippen LogP contribution in [0, 0.1) is 16.7 Å². The van der Waals surface area contributed by atoms with Crippen LogP contribution in [0.5, 0.6) is 0 Å². The molecule has 1 aromatic rings. The van der Waals surface area contributed by atoms with E-state index in [4.69, 9.17) is 5.26 Å². The van der Waals surface area contributed by atoms with E-state index in [0.29, 0.717) is 12.8 Å². The van der Waals surface area contributed by atoms with Crippen LogP contribution in [0.3, 0.4) is 0 Å². The second-order valence-corrected chi connectivity index (χ2v) is 4.24. The molecule has 0 bridgehead atoms. The van der Waals surface area contributed by atoms with Gasteiger partial charge in [0.05, 0.1) is 6.07 Å². The van der Waals surface area contributed by atoms with E-state index >= 15 is 0 Å². The Balaban J connectivity index is 2.81. The fourth-order valence-electron chi connectivity index (χ4n) is 1.46.